The highest BCUT2D eigenvalue weighted by atomic mass is 16.6. The molecule has 1 unspecified atom stereocenters. The molecule has 0 aromatic rings. The van der Waals surface area contributed by atoms with E-state index in [0.29, 0.717) is 19.3 Å². The SMILES string of the molecule is CCCC/C=C\C/C=C\CCCCCCCC(=O)OC(COC(=O)CCCCCCCCCC)COC(=O)CCCCCCCCCCCCCCCCCCCCCCCCCCCC. The second-order valence-electron chi connectivity index (χ2n) is 19.9. The Morgan fingerprint density at radius 2 is 0.561 bits per heavy atom. The van der Waals surface area contributed by atoms with Crippen molar-refractivity contribution in [1.29, 1.82) is 0 Å². The molecule has 0 heterocycles. The van der Waals surface area contributed by atoms with Crippen molar-refractivity contribution in [2.75, 3.05) is 13.2 Å². The first-order chi connectivity index (χ1) is 32.5. The van der Waals surface area contributed by atoms with Crippen molar-refractivity contribution in [3.63, 3.8) is 0 Å². The lowest BCUT2D eigenvalue weighted by atomic mass is 10.0. The van der Waals surface area contributed by atoms with Crippen LogP contribution in [0, 0.1) is 0 Å². The predicted molar refractivity (Wildman–Crippen MR) is 284 cm³/mol. The molecule has 0 aliphatic rings. The van der Waals surface area contributed by atoms with Gasteiger partial charge in [-0.3, -0.25) is 14.4 Å². The van der Waals surface area contributed by atoms with Crippen LogP contribution in [0.15, 0.2) is 24.3 Å². The maximum atomic E-state index is 12.8. The van der Waals surface area contributed by atoms with Crippen LogP contribution in [0.2, 0.25) is 0 Å². The third kappa shape index (κ3) is 52.9. The molecule has 0 saturated carbocycles. The van der Waals surface area contributed by atoms with Crippen LogP contribution < -0.4 is 0 Å². The van der Waals surface area contributed by atoms with E-state index in [4.69, 9.17) is 14.2 Å². The van der Waals surface area contributed by atoms with E-state index in [2.05, 4.69) is 45.1 Å². The molecule has 0 spiro atoms. The van der Waals surface area contributed by atoms with Crippen LogP contribution in [0.3, 0.4) is 0 Å². The van der Waals surface area contributed by atoms with E-state index in [0.717, 1.165) is 83.5 Å². The number of unbranched alkanes of at least 4 members (excludes halogenated alkanes) is 39. The van der Waals surface area contributed by atoms with Crippen molar-refractivity contribution < 1.29 is 28.6 Å². The maximum Gasteiger partial charge on any atom is 0.306 e. The third-order valence-corrected chi connectivity index (χ3v) is 13.2. The molecule has 0 aliphatic heterocycles. The molecule has 0 rings (SSSR count). The number of hydrogen-bond acceptors (Lipinski definition) is 6. The lowest BCUT2D eigenvalue weighted by Crippen LogP contribution is -2.30. The summed E-state index contributed by atoms with van der Waals surface area (Å²) >= 11 is 0. The van der Waals surface area contributed by atoms with Gasteiger partial charge in [-0.05, 0) is 44.9 Å². The molecular formula is C60H112O6. The van der Waals surface area contributed by atoms with Crippen molar-refractivity contribution in [2.45, 2.75) is 329 Å². The lowest BCUT2D eigenvalue weighted by Gasteiger charge is -2.18. The van der Waals surface area contributed by atoms with E-state index >= 15 is 0 Å². The van der Waals surface area contributed by atoms with E-state index in [1.54, 1.807) is 0 Å². The molecule has 0 aliphatic carbocycles. The summed E-state index contributed by atoms with van der Waals surface area (Å²) < 4.78 is 16.8. The van der Waals surface area contributed by atoms with Gasteiger partial charge >= 0.3 is 17.9 Å². The van der Waals surface area contributed by atoms with Crippen molar-refractivity contribution in [1.82, 2.24) is 0 Å². The number of allylic oxidation sites excluding steroid dienone is 4. The largest absolute Gasteiger partial charge is 0.462 e. The molecule has 0 bridgehead atoms. The molecule has 6 heteroatoms. The summed E-state index contributed by atoms with van der Waals surface area (Å²) in [5.74, 6) is -0.873. The maximum absolute atomic E-state index is 12.8. The second kappa shape index (κ2) is 55.5. The van der Waals surface area contributed by atoms with Crippen LogP contribution >= 0.6 is 0 Å². The minimum absolute atomic E-state index is 0.0723. The van der Waals surface area contributed by atoms with Crippen LogP contribution in [0.5, 0.6) is 0 Å². The summed E-state index contributed by atoms with van der Waals surface area (Å²) in [6.45, 7) is 6.60. The molecule has 0 aromatic carbocycles. The van der Waals surface area contributed by atoms with Gasteiger partial charge in [-0.25, -0.2) is 0 Å². The summed E-state index contributed by atoms with van der Waals surface area (Å²) in [7, 11) is 0. The van der Waals surface area contributed by atoms with Gasteiger partial charge in [0.1, 0.15) is 13.2 Å². The highest BCUT2D eigenvalue weighted by Gasteiger charge is 2.19. The van der Waals surface area contributed by atoms with Crippen LogP contribution in [0.4, 0.5) is 0 Å². The first-order valence-corrected chi connectivity index (χ1v) is 29.3. The fraction of sp³-hybridized carbons (Fsp3) is 0.883. The molecule has 66 heavy (non-hydrogen) atoms. The highest BCUT2D eigenvalue weighted by molar-refractivity contribution is 5.71. The number of hydrogen-bond donors (Lipinski definition) is 0. The highest BCUT2D eigenvalue weighted by Crippen LogP contribution is 2.17. The number of carbonyl (C=O) groups is 3. The monoisotopic (exact) mass is 929 g/mol. The van der Waals surface area contributed by atoms with Gasteiger partial charge in [0.25, 0.3) is 0 Å². The molecule has 0 radical (unpaired) electrons. The minimum Gasteiger partial charge on any atom is -0.462 e. The number of esters is 3. The van der Waals surface area contributed by atoms with Crippen molar-refractivity contribution in [2.24, 2.45) is 0 Å². The number of ether oxygens (including phenoxy) is 3. The van der Waals surface area contributed by atoms with Gasteiger partial charge in [0.15, 0.2) is 6.10 Å². The molecule has 0 fully saturated rings. The standard InChI is InChI=1S/C60H112O6/c1-4-7-10-13-16-19-21-23-25-26-27-28-29-30-31-32-33-34-35-36-38-39-41-44-47-50-53-59(62)65-56-57(55-64-58(61)52-49-46-43-18-15-12-9-6-3)66-60(63)54-51-48-45-42-40-37-24-22-20-17-14-11-8-5-2/h14,17,22,24,57H,4-13,15-16,18-21,23,25-56H2,1-3H3/b17-14-,24-22-. The van der Waals surface area contributed by atoms with Crippen molar-refractivity contribution >= 4 is 17.9 Å². The Morgan fingerprint density at radius 1 is 0.303 bits per heavy atom. The van der Waals surface area contributed by atoms with Gasteiger partial charge in [0.2, 0.25) is 0 Å². The van der Waals surface area contributed by atoms with Crippen LogP contribution in [-0.2, 0) is 28.6 Å². The fourth-order valence-electron chi connectivity index (χ4n) is 8.76. The van der Waals surface area contributed by atoms with Crippen LogP contribution in [0.25, 0.3) is 0 Å². The van der Waals surface area contributed by atoms with E-state index < -0.39 is 6.10 Å². The molecule has 6 nitrogen and oxygen atoms in total. The normalized spacial score (nSPS) is 12.1. The number of rotatable bonds is 54. The van der Waals surface area contributed by atoms with Gasteiger partial charge in [0.05, 0.1) is 0 Å². The first-order valence-electron chi connectivity index (χ1n) is 29.3. The predicted octanol–water partition coefficient (Wildman–Crippen LogP) is 19.5. The zero-order valence-corrected chi connectivity index (χ0v) is 44.5. The molecule has 388 valence electrons. The average molecular weight is 930 g/mol. The molecule has 0 aromatic heterocycles. The summed E-state index contributed by atoms with van der Waals surface area (Å²) in [6, 6.07) is 0. The summed E-state index contributed by atoms with van der Waals surface area (Å²) in [5, 5.41) is 0. The smallest absolute Gasteiger partial charge is 0.306 e. The summed E-state index contributed by atoms with van der Waals surface area (Å²) in [6.07, 6.45) is 64.9. The molecule has 0 amide bonds. The van der Waals surface area contributed by atoms with Crippen LogP contribution in [-0.4, -0.2) is 37.2 Å². The fourth-order valence-corrected chi connectivity index (χ4v) is 8.76. The molecule has 0 N–H and O–H groups in total. The summed E-state index contributed by atoms with van der Waals surface area (Å²) in [5.41, 5.74) is 0. The Hall–Kier alpha value is -2.11. The topological polar surface area (TPSA) is 78.9 Å². The zero-order chi connectivity index (χ0) is 47.9. The molecule has 0 saturated heterocycles. The van der Waals surface area contributed by atoms with Gasteiger partial charge in [0, 0.05) is 19.3 Å². The van der Waals surface area contributed by atoms with E-state index in [1.807, 2.05) is 0 Å². The Morgan fingerprint density at radius 3 is 0.879 bits per heavy atom. The van der Waals surface area contributed by atoms with Gasteiger partial charge in [-0.1, -0.05) is 283 Å². The Bertz CT molecular complexity index is 1070. The lowest BCUT2D eigenvalue weighted by molar-refractivity contribution is -0.167. The van der Waals surface area contributed by atoms with Crippen LogP contribution in [0.1, 0.15) is 323 Å². The minimum atomic E-state index is -0.772. The second-order valence-corrected chi connectivity index (χ2v) is 19.9. The number of carbonyl (C=O) groups excluding carboxylic acids is 3. The molecular weight excluding hydrogens is 817 g/mol. The van der Waals surface area contributed by atoms with Crippen molar-refractivity contribution in [3.05, 3.63) is 24.3 Å². The van der Waals surface area contributed by atoms with E-state index in [1.165, 1.54) is 199 Å². The van der Waals surface area contributed by atoms with E-state index in [9.17, 15) is 14.4 Å². The van der Waals surface area contributed by atoms with E-state index in [-0.39, 0.29) is 31.1 Å². The first kappa shape index (κ1) is 63.9. The Balaban J connectivity index is 4.08. The van der Waals surface area contributed by atoms with Gasteiger partial charge in [-0.15, -0.1) is 0 Å². The van der Waals surface area contributed by atoms with Gasteiger partial charge < -0.3 is 14.2 Å². The quantitative estimate of drug-likeness (QED) is 0.0262. The van der Waals surface area contributed by atoms with Crippen molar-refractivity contribution in [3.8, 4) is 0 Å². The Labute approximate surface area is 411 Å². The summed E-state index contributed by atoms with van der Waals surface area (Å²) in [4.78, 5) is 37.9. The average Bonchev–Trinajstić information content (AvgIpc) is 3.31. The molecule has 1 atom stereocenters. The third-order valence-electron chi connectivity index (χ3n) is 13.2. The zero-order valence-electron chi connectivity index (χ0n) is 44.5. The van der Waals surface area contributed by atoms with Gasteiger partial charge in [-0.2, -0.15) is 0 Å². The Kier molecular flexibility index (Phi) is 53.7.